The number of aromatic nitrogens is 2. The van der Waals surface area contributed by atoms with Crippen LogP contribution in [0.4, 0.5) is 5.82 Å². The largest absolute Gasteiger partial charge is 0.497 e. The highest BCUT2D eigenvalue weighted by Gasteiger charge is 2.24. The van der Waals surface area contributed by atoms with Gasteiger partial charge in [-0.3, -0.25) is 18.7 Å². The van der Waals surface area contributed by atoms with Crippen molar-refractivity contribution in [3.8, 4) is 5.75 Å². The van der Waals surface area contributed by atoms with Crippen LogP contribution in [0.25, 0.3) is 0 Å². The van der Waals surface area contributed by atoms with Gasteiger partial charge in [0.2, 0.25) is 5.78 Å². The van der Waals surface area contributed by atoms with Crippen molar-refractivity contribution >= 4 is 11.6 Å². The molecule has 0 aliphatic carbocycles. The van der Waals surface area contributed by atoms with Crippen molar-refractivity contribution in [1.29, 1.82) is 0 Å². The maximum atomic E-state index is 12.9. The van der Waals surface area contributed by atoms with E-state index in [9.17, 15) is 14.4 Å². The molecule has 8 heteroatoms. The lowest BCUT2D eigenvalue weighted by molar-refractivity contribution is -0.675. The Morgan fingerprint density at radius 1 is 1.00 bits per heavy atom. The molecule has 0 aliphatic heterocycles. The van der Waals surface area contributed by atoms with Gasteiger partial charge in [0, 0.05) is 25.2 Å². The lowest BCUT2D eigenvalue weighted by Gasteiger charge is -2.17. The summed E-state index contributed by atoms with van der Waals surface area (Å²) in [6.45, 7) is -0.0107. The smallest absolute Gasteiger partial charge is 0.332 e. The molecule has 156 valence electrons. The molecule has 4 N–H and O–H groups in total. The number of hydrogen-bond donors (Lipinski definition) is 2. The number of methoxy groups -OCH3 is 1. The summed E-state index contributed by atoms with van der Waals surface area (Å²) in [5.41, 5.74) is 6.48. The van der Waals surface area contributed by atoms with Gasteiger partial charge in [-0.15, -0.1) is 0 Å². The average molecular weight is 409 g/mol. The Balaban J connectivity index is 1.92. The molecule has 8 nitrogen and oxygen atoms in total. The average Bonchev–Trinajstić information content (AvgIpc) is 2.77. The number of benzene rings is 2. The fourth-order valence-electron chi connectivity index (χ4n) is 3.39. The van der Waals surface area contributed by atoms with Crippen molar-refractivity contribution in [3.63, 3.8) is 0 Å². The highest BCUT2D eigenvalue weighted by molar-refractivity contribution is 6.00. The standard InChI is InChI=1S/C22H24N4O4/c1-25-20(23)18(21(28)26(2)22(25)29)17(27)13-24-19(14-7-5-4-6-8-14)15-9-11-16(30-3)12-10-15/h4-12,19,24H,13,23H2,1-3H3/p+1/t19-/m1/s1. The molecule has 0 bridgehead atoms. The third kappa shape index (κ3) is 4.04. The van der Waals surface area contributed by atoms with E-state index in [1.54, 1.807) is 7.11 Å². The fourth-order valence-corrected chi connectivity index (χ4v) is 3.39. The van der Waals surface area contributed by atoms with Crippen molar-refractivity contribution in [2.24, 2.45) is 14.1 Å². The van der Waals surface area contributed by atoms with E-state index in [4.69, 9.17) is 10.5 Å². The molecule has 1 heterocycles. The van der Waals surface area contributed by atoms with E-state index in [0.717, 1.165) is 26.0 Å². The van der Waals surface area contributed by atoms with Gasteiger partial charge >= 0.3 is 5.69 Å². The third-order valence-electron chi connectivity index (χ3n) is 5.16. The summed E-state index contributed by atoms with van der Waals surface area (Å²) in [6, 6.07) is 17.2. The molecular formula is C22H25N4O4+. The minimum Gasteiger partial charge on any atom is -0.497 e. The van der Waals surface area contributed by atoms with Gasteiger partial charge in [0.25, 0.3) is 5.56 Å². The maximum Gasteiger partial charge on any atom is 0.332 e. The number of nitrogens with zero attached hydrogens (tertiary/aromatic N) is 2. The number of hydrogen-bond acceptors (Lipinski definition) is 5. The first-order chi connectivity index (χ1) is 14.3. The quantitative estimate of drug-likeness (QED) is 0.542. The van der Waals surface area contributed by atoms with Crippen LogP contribution in [0.15, 0.2) is 64.2 Å². The summed E-state index contributed by atoms with van der Waals surface area (Å²) in [4.78, 5) is 37.4. The van der Waals surface area contributed by atoms with Crippen molar-refractivity contribution < 1.29 is 14.8 Å². The van der Waals surface area contributed by atoms with Crippen LogP contribution in [0.2, 0.25) is 0 Å². The minimum atomic E-state index is -0.685. The Morgan fingerprint density at radius 3 is 2.20 bits per heavy atom. The van der Waals surface area contributed by atoms with Gasteiger partial charge in [0.15, 0.2) is 0 Å². The molecule has 2 aromatic carbocycles. The molecule has 1 atom stereocenters. The second-order valence-corrected chi connectivity index (χ2v) is 6.99. The summed E-state index contributed by atoms with van der Waals surface area (Å²) < 4.78 is 7.22. The van der Waals surface area contributed by atoms with Crippen LogP contribution in [0, 0.1) is 0 Å². The topological polar surface area (TPSA) is 113 Å². The number of rotatable bonds is 7. The van der Waals surface area contributed by atoms with Gasteiger partial charge in [-0.1, -0.05) is 30.3 Å². The first kappa shape index (κ1) is 21.1. The third-order valence-corrected chi connectivity index (χ3v) is 5.16. The number of nitrogen functional groups attached to an aromatic ring is 1. The Hall–Kier alpha value is -3.65. The van der Waals surface area contributed by atoms with Crippen LogP contribution in [0.3, 0.4) is 0 Å². The minimum absolute atomic E-state index is 0.0107. The van der Waals surface area contributed by atoms with Gasteiger partial charge in [-0.2, -0.15) is 0 Å². The molecule has 30 heavy (non-hydrogen) atoms. The molecule has 1 aromatic heterocycles. The van der Waals surface area contributed by atoms with Crippen LogP contribution in [0.5, 0.6) is 5.75 Å². The zero-order valence-electron chi connectivity index (χ0n) is 17.2. The molecule has 0 saturated heterocycles. The summed E-state index contributed by atoms with van der Waals surface area (Å²) in [7, 11) is 4.36. The van der Waals surface area contributed by atoms with Gasteiger partial charge in [0.1, 0.15) is 29.7 Å². The Kier molecular flexibility index (Phi) is 6.17. The SMILES string of the molecule is COc1ccc([C@H]([NH2+]CC(=O)c2c(N)n(C)c(=O)n(C)c2=O)c2ccccc2)cc1. The Labute approximate surface area is 173 Å². The van der Waals surface area contributed by atoms with Crippen LogP contribution in [0.1, 0.15) is 27.5 Å². The van der Waals surface area contributed by atoms with E-state index in [1.807, 2.05) is 59.9 Å². The Bertz CT molecular complexity index is 1160. The van der Waals surface area contributed by atoms with E-state index in [2.05, 4.69) is 0 Å². The molecule has 0 unspecified atom stereocenters. The molecule has 3 rings (SSSR count). The van der Waals surface area contributed by atoms with Gasteiger partial charge in [-0.05, 0) is 24.3 Å². The van der Waals surface area contributed by atoms with Gasteiger partial charge in [-0.25, -0.2) is 4.79 Å². The number of carbonyl (C=O) groups excluding carboxylic acids is 1. The number of Topliss-reactive ketones (excluding diaryl/α,β-unsaturated/α-hetero) is 1. The van der Waals surface area contributed by atoms with E-state index in [0.29, 0.717) is 0 Å². The van der Waals surface area contributed by atoms with E-state index in [1.165, 1.54) is 14.1 Å². The highest BCUT2D eigenvalue weighted by atomic mass is 16.5. The summed E-state index contributed by atoms with van der Waals surface area (Å²) in [5.74, 6) is 0.184. The monoisotopic (exact) mass is 409 g/mol. The van der Waals surface area contributed by atoms with Crippen molar-refractivity contribution in [3.05, 3.63) is 92.1 Å². The summed E-state index contributed by atoms with van der Waals surface area (Å²) in [5, 5.41) is 1.85. The lowest BCUT2D eigenvalue weighted by atomic mass is 9.98. The van der Waals surface area contributed by atoms with Gasteiger partial charge < -0.3 is 15.8 Å². The lowest BCUT2D eigenvalue weighted by Crippen LogP contribution is -2.87. The van der Waals surface area contributed by atoms with Crippen LogP contribution >= 0.6 is 0 Å². The van der Waals surface area contributed by atoms with Crippen LogP contribution in [-0.4, -0.2) is 28.6 Å². The number of anilines is 1. The molecular weight excluding hydrogens is 384 g/mol. The number of nitrogens with two attached hydrogens (primary N) is 2. The number of quaternary nitrogens is 1. The predicted molar refractivity (Wildman–Crippen MR) is 114 cm³/mol. The molecule has 0 fully saturated rings. The molecule has 0 spiro atoms. The zero-order chi connectivity index (χ0) is 21.8. The number of ketones is 1. The summed E-state index contributed by atoms with van der Waals surface area (Å²) >= 11 is 0. The molecule has 0 amide bonds. The van der Waals surface area contributed by atoms with E-state index in [-0.39, 0.29) is 24.0 Å². The normalized spacial score (nSPS) is 11.8. The summed E-state index contributed by atoms with van der Waals surface area (Å²) in [6.07, 6.45) is 0. The Morgan fingerprint density at radius 2 is 1.60 bits per heavy atom. The maximum absolute atomic E-state index is 12.9. The molecule has 3 aromatic rings. The second kappa shape index (κ2) is 8.79. The molecule has 0 saturated carbocycles. The second-order valence-electron chi connectivity index (χ2n) is 6.99. The first-order valence-electron chi connectivity index (χ1n) is 9.46. The van der Waals surface area contributed by atoms with E-state index < -0.39 is 17.0 Å². The van der Waals surface area contributed by atoms with Gasteiger partial charge in [0.05, 0.1) is 7.11 Å². The van der Waals surface area contributed by atoms with Crippen LogP contribution < -0.4 is 27.0 Å². The number of carbonyl (C=O) groups is 1. The zero-order valence-corrected chi connectivity index (χ0v) is 17.2. The first-order valence-corrected chi connectivity index (χ1v) is 9.46. The molecule has 0 aliphatic rings. The fraction of sp³-hybridized carbons (Fsp3) is 0.227. The van der Waals surface area contributed by atoms with Crippen LogP contribution in [-0.2, 0) is 14.1 Å². The van der Waals surface area contributed by atoms with Crippen molar-refractivity contribution in [1.82, 2.24) is 9.13 Å². The number of ether oxygens (including phenoxy) is 1. The van der Waals surface area contributed by atoms with Crippen molar-refractivity contribution in [2.75, 3.05) is 19.4 Å². The molecule has 0 radical (unpaired) electrons. The highest BCUT2D eigenvalue weighted by Crippen LogP contribution is 2.21. The van der Waals surface area contributed by atoms with Crippen molar-refractivity contribution in [2.45, 2.75) is 6.04 Å². The predicted octanol–water partition coefficient (Wildman–Crippen LogP) is 0.211. The van der Waals surface area contributed by atoms with E-state index >= 15 is 0 Å².